The molecule has 2 aromatic heterocycles. The number of aromatic amines is 2. The van der Waals surface area contributed by atoms with E-state index in [2.05, 4.69) is 15.2 Å². The topological polar surface area (TPSA) is 95.7 Å². The fraction of sp³-hybridized carbons (Fsp3) is 0.100. The first-order valence-corrected chi connectivity index (χ1v) is 10.1. The van der Waals surface area contributed by atoms with Crippen molar-refractivity contribution < 1.29 is 8.42 Å². The lowest BCUT2D eigenvalue weighted by Crippen LogP contribution is -2.04. The van der Waals surface area contributed by atoms with E-state index < -0.39 is 9.84 Å². The summed E-state index contributed by atoms with van der Waals surface area (Å²) in [5, 5.41) is 6.42. The van der Waals surface area contributed by atoms with Crippen molar-refractivity contribution in [3.63, 3.8) is 0 Å². The fourth-order valence-electron chi connectivity index (χ4n) is 3.04. The van der Waals surface area contributed by atoms with E-state index in [9.17, 15) is 13.2 Å². The summed E-state index contributed by atoms with van der Waals surface area (Å²) < 4.78 is 24.4. The smallest absolute Gasteiger partial charge is 0.274 e. The minimum Gasteiger partial charge on any atom is -0.297 e. The van der Waals surface area contributed by atoms with Crippen molar-refractivity contribution in [2.45, 2.75) is 11.8 Å². The predicted octanol–water partition coefficient (Wildman–Crippen LogP) is 3.38. The Balaban J connectivity index is 1.90. The van der Waals surface area contributed by atoms with Gasteiger partial charge in [0.25, 0.3) is 5.56 Å². The fourth-order valence-corrected chi connectivity index (χ4v) is 3.96. The Morgan fingerprint density at radius 2 is 1.78 bits per heavy atom. The van der Waals surface area contributed by atoms with E-state index in [1.807, 2.05) is 30.3 Å². The highest BCUT2D eigenvalue weighted by molar-refractivity contribution is 7.91. The number of pyridine rings is 1. The molecule has 0 unspecified atom stereocenters. The van der Waals surface area contributed by atoms with Crippen LogP contribution in [-0.4, -0.2) is 29.4 Å². The maximum atomic E-state index is 12.4. The first-order chi connectivity index (χ1) is 13.0. The van der Waals surface area contributed by atoms with Crippen LogP contribution >= 0.6 is 0 Å². The molecule has 2 heterocycles. The van der Waals surface area contributed by atoms with Crippen molar-refractivity contribution in [3.8, 4) is 22.5 Å². The van der Waals surface area contributed by atoms with Crippen molar-refractivity contribution in [2.75, 3.05) is 5.75 Å². The maximum absolute atomic E-state index is 12.4. The molecule has 0 fully saturated rings. The lowest BCUT2D eigenvalue weighted by atomic mass is 10.0. The van der Waals surface area contributed by atoms with E-state index in [-0.39, 0.29) is 16.2 Å². The predicted molar refractivity (Wildman–Crippen MR) is 105 cm³/mol. The van der Waals surface area contributed by atoms with E-state index in [0.717, 1.165) is 10.9 Å². The first kappa shape index (κ1) is 17.2. The van der Waals surface area contributed by atoms with Gasteiger partial charge >= 0.3 is 0 Å². The van der Waals surface area contributed by atoms with Crippen LogP contribution in [0.3, 0.4) is 0 Å². The van der Waals surface area contributed by atoms with Gasteiger partial charge in [-0.05, 0) is 24.3 Å². The SMILES string of the molecule is CCS(=O)(=O)c1cccc(-c2[nH][nH]c(=O)c2-c2ccc3ccccc3n2)c1. The molecule has 0 aliphatic rings. The van der Waals surface area contributed by atoms with Gasteiger partial charge in [0, 0.05) is 10.9 Å². The number of rotatable bonds is 4. The summed E-state index contributed by atoms with van der Waals surface area (Å²) in [5.41, 5.74) is 2.49. The minimum atomic E-state index is -3.35. The largest absolute Gasteiger partial charge is 0.297 e. The highest BCUT2D eigenvalue weighted by Gasteiger charge is 2.18. The number of H-pyrrole nitrogens is 2. The normalized spacial score (nSPS) is 11.7. The third-order valence-electron chi connectivity index (χ3n) is 4.49. The summed E-state index contributed by atoms with van der Waals surface area (Å²) in [4.78, 5) is 17.3. The summed E-state index contributed by atoms with van der Waals surface area (Å²) in [5.74, 6) is 0.0131. The van der Waals surface area contributed by atoms with Crippen LogP contribution in [-0.2, 0) is 9.84 Å². The maximum Gasteiger partial charge on any atom is 0.274 e. The van der Waals surface area contributed by atoms with E-state index in [1.165, 1.54) is 0 Å². The first-order valence-electron chi connectivity index (χ1n) is 8.49. The lowest BCUT2D eigenvalue weighted by Gasteiger charge is -2.07. The van der Waals surface area contributed by atoms with Crippen molar-refractivity contribution in [1.29, 1.82) is 0 Å². The molecule has 27 heavy (non-hydrogen) atoms. The third kappa shape index (κ3) is 3.06. The Hall–Kier alpha value is -3.19. The highest BCUT2D eigenvalue weighted by atomic mass is 32.2. The van der Waals surface area contributed by atoms with Crippen molar-refractivity contribution in [2.24, 2.45) is 0 Å². The van der Waals surface area contributed by atoms with E-state index >= 15 is 0 Å². The number of nitrogens with zero attached hydrogens (tertiary/aromatic N) is 1. The molecule has 136 valence electrons. The van der Waals surface area contributed by atoms with E-state index in [4.69, 9.17) is 0 Å². The summed E-state index contributed by atoms with van der Waals surface area (Å²) in [7, 11) is -3.35. The summed E-state index contributed by atoms with van der Waals surface area (Å²) in [6, 6.07) is 17.9. The Morgan fingerprint density at radius 3 is 2.59 bits per heavy atom. The molecule has 0 saturated heterocycles. The molecule has 0 aliphatic heterocycles. The quantitative estimate of drug-likeness (QED) is 0.568. The van der Waals surface area contributed by atoms with Crippen LogP contribution in [0.25, 0.3) is 33.4 Å². The zero-order valence-electron chi connectivity index (χ0n) is 14.6. The standard InChI is InChI=1S/C20H17N3O3S/c1-2-27(25,26)15-8-5-7-14(12-15)19-18(20(24)23-22-19)17-11-10-13-6-3-4-9-16(13)21-17/h3-12H,2H2,1H3,(H2,22,23,24). The van der Waals surface area contributed by atoms with Gasteiger partial charge in [-0.15, -0.1) is 0 Å². The van der Waals surface area contributed by atoms with Crippen molar-refractivity contribution in [3.05, 3.63) is 71.0 Å². The molecule has 0 bridgehead atoms. The van der Waals surface area contributed by atoms with Gasteiger partial charge in [0.2, 0.25) is 0 Å². The molecule has 7 heteroatoms. The van der Waals surface area contributed by atoms with Crippen LogP contribution in [0.2, 0.25) is 0 Å². The number of para-hydroxylation sites is 1. The molecule has 2 N–H and O–H groups in total. The third-order valence-corrected chi connectivity index (χ3v) is 6.23. The Morgan fingerprint density at radius 1 is 0.963 bits per heavy atom. The van der Waals surface area contributed by atoms with Crippen LogP contribution in [0.1, 0.15) is 6.92 Å². The second-order valence-corrected chi connectivity index (χ2v) is 8.43. The average molecular weight is 379 g/mol. The number of aromatic nitrogens is 3. The molecule has 6 nitrogen and oxygen atoms in total. The van der Waals surface area contributed by atoms with Gasteiger partial charge in [0.15, 0.2) is 9.84 Å². The average Bonchev–Trinajstić information content (AvgIpc) is 3.09. The zero-order valence-corrected chi connectivity index (χ0v) is 15.4. The van der Waals surface area contributed by atoms with Gasteiger partial charge < -0.3 is 0 Å². The number of sulfone groups is 1. The molecule has 0 saturated carbocycles. The molecule has 0 atom stereocenters. The van der Waals surface area contributed by atoms with Gasteiger partial charge in [-0.25, -0.2) is 13.4 Å². The second kappa shape index (κ2) is 6.51. The van der Waals surface area contributed by atoms with E-state index in [0.29, 0.717) is 22.5 Å². The molecular weight excluding hydrogens is 362 g/mol. The molecule has 4 rings (SSSR count). The molecular formula is C20H17N3O3S. The van der Waals surface area contributed by atoms with Crippen LogP contribution < -0.4 is 5.56 Å². The van der Waals surface area contributed by atoms with E-state index in [1.54, 1.807) is 37.3 Å². The Labute approximate surface area is 155 Å². The number of fused-ring (bicyclic) bond motifs is 1. The van der Waals surface area contributed by atoms with Crippen molar-refractivity contribution in [1.82, 2.24) is 15.2 Å². The highest BCUT2D eigenvalue weighted by Crippen LogP contribution is 2.29. The van der Waals surface area contributed by atoms with Crippen LogP contribution in [0.15, 0.2) is 70.4 Å². The number of nitrogens with one attached hydrogen (secondary N) is 2. The van der Waals surface area contributed by atoms with Gasteiger partial charge in [-0.3, -0.25) is 15.0 Å². The molecule has 0 aliphatic carbocycles. The van der Waals surface area contributed by atoms with Crippen LogP contribution in [0.4, 0.5) is 0 Å². The van der Waals surface area contributed by atoms with Crippen LogP contribution in [0.5, 0.6) is 0 Å². The molecule has 0 spiro atoms. The molecule has 2 aromatic carbocycles. The second-order valence-electron chi connectivity index (χ2n) is 6.15. The zero-order chi connectivity index (χ0) is 19.0. The lowest BCUT2D eigenvalue weighted by molar-refractivity contribution is 0.597. The monoisotopic (exact) mass is 379 g/mol. The van der Waals surface area contributed by atoms with Crippen molar-refractivity contribution >= 4 is 20.7 Å². The molecule has 0 radical (unpaired) electrons. The summed E-state index contributed by atoms with van der Waals surface area (Å²) >= 11 is 0. The Kier molecular flexibility index (Phi) is 4.16. The molecule has 4 aromatic rings. The van der Waals surface area contributed by atoms with Gasteiger partial charge in [0.05, 0.1) is 33.1 Å². The number of hydrogen-bond acceptors (Lipinski definition) is 4. The van der Waals surface area contributed by atoms with Gasteiger partial charge in [-0.2, -0.15) is 0 Å². The Bertz CT molecular complexity index is 1300. The molecule has 0 amide bonds. The van der Waals surface area contributed by atoms with Crippen LogP contribution in [0, 0.1) is 0 Å². The van der Waals surface area contributed by atoms with Gasteiger partial charge in [0.1, 0.15) is 0 Å². The van der Waals surface area contributed by atoms with Gasteiger partial charge in [-0.1, -0.05) is 43.3 Å². The number of hydrogen-bond donors (Lipinski definition) is 2. The minimum absolute atomic E-state index is 0.0131. The number of benzene rings is 2. The summed E-state index contributed by atoms with van der Waals surface area (Å²) in [6.45, 7) is 1.60. The summed E-state index contributed by atoms with van der Waals surface area (Å²) in [6.07, 6.45) is 0.